The number of halogens is 3. The van der Waals surface area contributed by atoms with Crippen molar-refractivity contribution in [1.29, 1.82) is 0 Å². The summed E-state index contributed by atoms with van der Waals surface area (Å²) in [6, 6.07) is 9.19. The molecule has 0 fully saturated rings. The Morgan fingerprint density at radius 1 is 1.24 bits per heavy atom. The predicted molar refractivity (Wildman–Crippen MR) is 90.9 cm³/mol. The minimum Gasteiger partial charge on any atom is -0.406 e. The highest BCUT2D eigenvalue weighted by Crippen LogP contribution is 2.25. The molecule has 2 rings (SSSR count). The summed E-state index contributed by atoms with van der Waals surface area (Å²) in [6.07, 6.45) is 2.06. The lowest BCUT2D eigenvalue weighted by molar-refractivity contribution is -0.274. The van der Waals surface area contributed by atoms with Crippen LogP contribution in [0.3, 0.4) is 0 Å². The predicted octanol–water partition coefficient (Wildman–Crippen LogP) is 4.54. The van der Waals surface area contributed by atoms with Gasteiger partial charge in [-0.1, -0.05) is 18.4 Å². The van der Waals surface area contributed by atoms with Gasteiger partial charge in [0.15, 0.2) is 0 Å². The van der Waals surface area contributed by atoms with Gasteiger partial charge in [0, 0.05) is 42.5 Å². The molecule has 1 heterocycles. The third kappa shape index (κ3) is 6.43. The van der Waals surface area contributed by atoms with Crippen LogP contribution in [0.1, 0.15) is 5.56 Å². The average molecular weight is 344 g/mol. The van der Waals surface area contributed by atoms with E-state index in [0.29, 0.717) is 11.3 Å². The average Bonchev–Trinajstić information content (AvgIpc) is 2.58. The summed E-state index contributed by atoms with van der Waals surface area (Å²) < 4.78 is 40.2. The van der Waals surface area contributed by atoms with Gasteiger partial charge < -0.3 is 9.64 Å². The van der Waals surface area contributed by atoms with Crippen molar-refractivity contribution in [3.63, 3.8) is 0 Å². The second kappa shape index (κ2) is 8.06. The molecular weight excluding hydrogens is 329 g/mol. The van der Waals surface area contributed by atoms with Crippen LogP contribution in [0.5, 0.6) is 5.75 Å². The molecular formula is C19H15F3N2O. The molecule has 0 amide bonds. The van der Waals surface area contributed by atoms with Crippen molar-refractivity contribution in [3.05, 3.63) is 78.8 Å². The number of aromatic nitrogens is 1. The number of hydrogen-bond acceptors (Lipinski definition) is 3. The van der Waals surface area contributed by atoms with Crippen LogP contribution in [0.4, 0.5) is 18.9 Å². The molecule has 0 N–H and O–H groups in total. The van der Waals surface area contributed by atoms with Gasteiger partial charge >= 0.3 is 6.36 Å². The number of allylic oxidation sites excluding steroid dienone is 2. The van der Waals surface area contributed by atoms with E-state index < -0.39 is 6.36 Å². The Bertz CT molecular complexity index is 801. The van der Waals surface area contributed by atoms with Crippen molar-refractivity contribution in [2.24, 2.45) is 0 Å². The van der Waals surface area contributed by atoms with Crippen LogP contribution < -0.4 is 9.64 Å². The second-order valence-corrected chi connectivity index (χ2v) is 4.99. The molecule has 0 saturated carbocycles. The molecule has 0 aliphatic carbocycles. The maximum Gasteiger partial charge on any atom is 0.573 e. The summed E-state index contributed by atoms with van der Waals surface area (Å²) in [5, 5.41) is 0. The zero-order valence-electron chi connectivity index (χ0n) is 13.4. The summed E-state index contributed by atoms with van der Waals surface area (Å²) in [5.41, 5.74) is 2.07. The van der Waals surface area contributed by atoms with Crippen molar-refractivity contribution < 1.29 is 17.9 Å². The summed E-state index contributed by atoms with van der Waals surface area (Å²) in [4.78, 5) is 5.70. The maximum absolute atomic E-state index is 12.1. The van der Waals surface area contributed by atoms with E-state index in [1.54, 1.807) is 42.7 Å². The molecule has 2 aromatic rings. The van der Waals surface area contributed by atoms with Crippen LogP contribution in [0, 0.1) is 11.8 Å². The van der Waals surface area contributed by atoms with Gasteiger partial charge in [0.05, 0.1) is 0 Å². The van der Waals surface area contributed by atoms with Gasteiger partial charge in [-0.2, -0.15) is 0 Å². The Morgan fingerprint density at radius 3 is 2.56 bits per heavy atom. The fraction of sp³-hybridized carbons (Fsp3) is 0.105. The molecule has 0 radical (unpaired) electrons. The van der Waals surface area contributed by atoms with Crippen LogP contribution >= 0.6 is 0 Å². The standard InChI is InChI=1S/C19H15F3N2O/c1-15(5-6-16-4-3-12-23-14-16)11-13-24(2)17-7-9-18(10-8-17)25-19(20,21)22/h3-4,7-14H,1H2,2H3/b13-11-. The first-order chi connectivity index (χ1) is 11.8. The highest BCUT2D eigenvalue weighted by atomic mass is 19.4. The van der Waals surface area contributed by atoms with E-state index in [9.17, 15) is 13.2 Å². The van der Waals surface area contributed by atoms with Gasteiger partial charge in [0.2, 0.25) is 0 Å². The maximum atomic E-state index is 12.1. The quantitative estimate of drug-likeness (QED) is 0.601. The largest absolute Gasteiger partial charge is 0.573 e. The second-order valence-electron chi connectivity index (χ2n) is 4.99. The SMILES string of the molecule is C=C(C#Cc1cccnc1)/C=C\N(C)c1ccc(OC(F)(F)F)cc1. The molecule has 0 aliphatic rings. The summed E-state index contributed by atoms with van der Waals surface area (Å²) in [5.74, 6) is 5.57. The van der Waals surface area contributed by atoms with Gasteiger partial charge in [-0.25, -0.2) is 0 Å². The molecule has 1 aromatic heterocycles. The lowest BCUT2D eigenvalue weighted by Crippen LogP contribution is -2.17. The number of rotatable bonds is 4. The van der Waals surface area contributed by atoms with E-state index >= 15 is 0 Å². The third-order valence-electron chi connectivity index (χ3n) is 3.01. The molecule has 0 bridgehead atoms. The molecule has 0 unspecified atom stereocenters. The Balaban J connectivity index is 1.97. The monoisotopic (exact) mass is 344 g/mol. The van der Waals surface area contributed by atoms with Crippen molar-refractivity contribution in [2.75, 3.05) is 11.9 Å². The van der Waals surface area contributed by atoms with E-state index in [4.69, 9.17) is 0 Å². The number of pyridine rings is 1. The Labute approximate surface area is 144 Å². The molecule has 128 valence electrons. The summed E-state index contributed by atoms with van der Waals surface area (Å²) in [7, 11) is 1.76. The lowest BCUT2D eigenvalue weighted by atomic mass is 10.2. The fourth-order valence-electron chi connectivity index (χ4n) is 1.80. The smallest absolute Gasteiger partial charge is 0.406 e. The highest BCUT2D eigenvalue weighted by molar-refractivity contribution is 5.52. The molecule has 3 nitrogen and oxygen atoms in total. The molecule has 1 aromatic carbocycles. The van der Waals surface area contributed by atoms with Crippen molar-refractivity contribution >= 4 is 5.69 Å². The van der Waals surface area contributed by atoms with Crippen molar-refractivity contribution in [3.8, 4) is 17.6 Å². The third-order valence-corrected chi connectivity index (χ3v) is 3.01. The minimum absolute atomic E-state index is 0.264. The molecule has 0 saturated heterocycles. The Morgan fingerprint density at radius 2 is 1.96 bits per heavy atom. The summed E-state index contributed by atoms with van der Waals surface area (Å²) >= 11 is 0. The van der Waals surface area contributed by atoms with Crippen molar-refractivity contribution in [2.45, 2.75) is 6.36 Å². The Hall–Kier alpha value is -3.20. The van der Waals surface area contributed by atoms with E-state index in [2.05, 4.69) is 28.1 Å². The van der Waals surface area contributed by atoms with Gasteiger partial charge in [0.25, 0.3) is 0 Å². The first-order valence-corrected chi connectivity index (χ1v) is 7.21. The highest BCUT2D eigenvalue weighted by Gasteiger charge is 2.30. The number of benzene rings is 1. The van der Waals surface area contributed by atoms with Crippen LogP contribution in [-0.2, 0) is 0 Å². The van der Waals surface area contributed by atoms with Crippen LogP contribution in [-0.4, -0.2) is 18.4 Å². The van der Waals surface area contributed by atoms with Gasteiger partial charge in [-0.15, -0.1) is 13.2 Å². The molecule has 0 spiro atoms. The summed E-state index contributed by atoms with van der Waals surface area (Å²) in [6.45, 7) is 3.84. The van der Waals surface area contributed by atoms with Crippen molar-refractivity contribution in [1.82, 2.24) is 4.98 Å². The van der Waals surface area contributed by atoms with E-state index in [-0.39, 0.29) is 5.75 Å². The van der Waals surface area contributed by atoms with Crippen LogP contribution in [0.25, 0.3) is 0 Å². The molecule has 25 heavy (non-hydrogen) atoms. The number of ether oxygens (including phenoxy) is 1. The number of hydrogen-bond donors (Lipinski definition) is 0. The van der Waals surface area contributed by atoms with E-state index in [0.717, 1.165) is 5.56 Å². The van der Waals surface area contributed by atoms with Gasteiger partial charge in [-0.3, -0.25) is 4.98 Å². The van der Waals surface area contributed by atoms with Crippen LogP contribution in [0.2, 0.25) is 0 Å². The first-order valence-electron chi connectivity index (χ1n) is 7.21. The molecule has 0 aliphatic heterocycles. The van der Waals surface area contributed by atoms with Gasteiger partial charge in [0.1, 0.15) is 5.75 Å². The number of alkyl halides is 3. The topological polar surface area (TPSA) is 25.4 Å². The molecule has 0 atom stereocenters. The minimum atomic E-state index is -4.70. The zero-order chi connectivity index (χ0) is 18.3. The van der Waals surface area contributed by atoms with Crippen LogP contribution in [0.15, 0.2) is 73.2 Å². The zero-order valence-corrected chi connectivity index (χ0v) is 13.4. The first kappa shape index (κ1) is 18.1. The fourth-order valence-corrected chi connectivity index (χ4v) is 1.80. The Kier molecular flexibility index (Phi) is 5.85. The van der Waals surface area contributed by atoms with E-state index in [1.807, 2.05) is 6.07 Å². The number of anilines is 1. The lowest BCUT2D eigenvalue weighted by Gasteiger charge is -2.15. The van der Waals surface area contributed by atoms with E-state index in [1.165, 1.54) is 24.3 Å². The molecule has 6 heteroatoms. The van der Waals surface area contributed by atoms with Gasteiger partial charge in [-0.05, 0) is 42.5 Å². The normalized spacial score (nSPS) is 10.9. The number of nitrogens with zero attached hydrogens (tertiary/aromatic N) is 2.